The van der Waals surface area contributed by atoms with Crippen LogP contribution in [0.3, 0.4) is 0 Å². The van der Waals surface area contributed by atoms with Crippen LogP contribution in [0.1, 0.15) is 43.4 Å². The van der Waals surface area contributed by atoms with Gasteiger partial charge in [0.25, 0.3) is 12.4 Å². The number of hydrogen-bond donors (Lipinski definition) is 1. The van der Waals surface area contributed by atoms with E-state index in [2.05, 4.69) is 50.7 Å². The van der Waals surface area contributed by atoms with Crippen LogP contribution in [-0.2, 0) is 25.7 Å². The molecule has 0 spiro atoms. The molecule has 12 nitrogen and oxygen atoms in total. The van der Waals surface area contributed by atoms with E-state index in [4.69, 9.17) is 4.74 Å². The lowest BCUT2D eigenvalue weighted by atomic mass is 10.0. The Hall–Kier alpha value is -3.15. The van der Waals surface area contributed by atoms with Gasteiger partial charge in [-0.3, -0.25) is 24.0 Å². The van der Waals surface area contributed by atoms with E-state index in [0.29, 0.717) is 31.0 Å². The van der Waals surface area contributed by atoms with Crippen molar-refractivity contribution in [1.82, 2.24) is 19.8 Å². The monoisotopic (exact) mass is 450 g/mol. The van der Waals surface area contributed by atoms with Crippen molar-refractivity contribution in [2.45, 2.75) is 64.3 Å². The molecule has 1 amide bonds. The molecule has 2 aliphatic heterocycles. The number of aromatic nitrogens is 2. The molecule has 1 aromatic heterocycles. The molecule has 12 heteroatoms. The molecule has 0 aromatic carbocycles. The fraction of sp³-hybridized carbons (Fsp3) is 0.650. The van der Waals surface area contributed by atoms with Crippen molar-refractivity contribution >= 4 is 30.8 Å². The Bertz CT molecular complexity index is 907. The number of amides is 1. The Morgan fingerprint density at radius 3 is 2.72 bits per heavy atom. The van der Waals surface area contributed by atoms with Gasteiger partial charge in [0.05, 0.1) is 30.9 Å². The molecular formula is C20H30N6O6. The molecule has 0 radical (unpaired) electrons. The first kappa shape index (κ1) is 23.5. The summed E-state index contributed by atoms with van der Waals surface area (Å²) in [6.07, 6.45) is 1.47. The molecule has 0 saturated carbocycles. The number of aryl methyl sites for hydroxylation is 1. The third-order valence-electron chi connectivity index (χ3n) is 5.61. The summed E-state index contributed by atoms with van der Waals surface area (Å²) >= 11 is 0. The number of carbonyl (C=O) groups excluding carboxylic acids is 3. The topological polar surface area (TPSA) is 128 Å². The number of carbonyl (C=O) groups is 3. The summed E-state index contributed by atoms with van der Waals surface area (Å²) in [4.78, 5) is 57.7. The highest BCUT2D eigenvalue weighted by Gasteiger charge is 2.49. The van der Waals surface area contributed by atoms with E-state index in [-0.39, 0.29) is 24.2 Å². The highest BCUT2D eigenvalue weighted by molar-refractivity contribution is 5.93. The van der Waals surface area contributed by atoms with Gasteiger partial charge in [-0.1, -0.05) is 0 Å². The van der Waals surface area contributed by atoms with Crippen molar-refractivity contribution in [1.29, 1.82) is 0 Å². The third kappa shape index (κ3) is 4.40. The first-order valence-electron chi connectivity index (χ1n) is 10.3. The van der Waals surface area contributed by atoms with Crippen LogP contribution >= 0.6 is 0 Å². The minimum absolute atomic E-state index is 0.0499. The van der Waals surface area contributed by atoms with Gasteiger partial charge in [-0.05, 0) is 40.5 Å². The Labute approximate surface area is 186 Å². The average molecular weight is 450 g/mol. The minimum Gasteiger partial charge on any atom is -0.466 e. The fourth-order valence-corrected chi connectivity index (χ4v) is 4.09. The smallest absolute Gasteiger partial charge is 0.439 e. The number of hydrogen-bond acceptors (Lipinski definition) is 10. The van der Waals surface area contributed by atoms with Crippen molar-refractivity contribution in [2.24, 2.45) is 4.99 Å². The van der Waals surface area contributed by atoms with Crippen LogP contribution in [0.5, 0.6) is 0 Å². The molecule has 3 unspecified atom stereocenters. The summed E-state index contributed by atoms with van der Waals surface area (Å²) in [7, 11) is 3.11. The second-order valence-corrected chi connectivity index (χ2v) is 8.78. The van der Waals surface area contributed by atoms with E-state index in [1.54, 1.807) is 10.9 Å². The van der Waals surface area contributed by atoms with Crippen molar-refractivity contribution in [2.75, 3.05) is 25.7 Å². The Morgan fingerprint density at radius 2 is 2.09 bits per heavy atom. The molecule has 0 bridgehead atoms. The fourth-order valence-electron chi connectivity index (χ4n) is 4.09. The SMILES string of the molecule is COOC(=O)NC(CCc1c(C)nc2n1C(=O)C1N=CN(C(C)(C)C)C1N2C)COC=O. The average Bonchev–Trinajstić information content (AvgIpc) is 3.30. The van der Waals surface area contributed by atoms with E-state index in [9.17, 15) is 14.4 Å². The maximum atomic E-state index is 13.4. The summed E-state index contributed by atoms with van der Waals surface area (Å²) in [6.45, 7) is 8.30. The van der Waals surface area contributed by atoms with Gasteiger partial charge in [-0.25, -0.2) is 9.78 Å². The molecular weight excluding hydrogens is 420 g/mol. The maximum absolute atomic E-state index is 13.4. The van der Waals surface area contributed by atoms with E-state index >= 15 is 0 Å². The Balaban J connectivity index is 1.83. The molecule has 3 rings (SSSR count). The van der Waals surface area contributed by atoms with Gasteiger partial charge in [0.15, 0.2) is 6.04 Å². The number of ether oxygens (including phenoxy) is 1. The van der Waals surface area contributed by atoms with Crippen molar-refractivity contribution in [3.8, 4) is 0 Å². The highest BCUT2D eigenvalue weighted by atomic mass is 17.2. The number of likely N-dealkylation sites (N-methyl/N-ethyl adjacent to an activating group) is 1. The predicted molar refractivity (Wildman–Crippen MR) is 114 cm³/mol. The summed E-state index contributed by atoms with van der Waals surface area (Å²) in [5.41, 5.74) is 1.22. The van der Waals surface area contributed by atoms with E-state index < -0.39 is 18.2 Å². The molecule has 1 aromatic rings. The van der Waals surface area contributed by atoms with Crippen LogP contribution in [0, 0.1) is 6.92 Å². The molecule has 2 aliphatic rings. The molecule has 0 saturated heterocycles. The number of nitrogens with zero attached hydrogens (tertiary/aromatic N) is 5. The molecule has 32 heavy (non-hydrogen) atoms. The second-order valence-electron chi connectivity index (χ2n) is 8.78. The van der Waals surface area contributed by atoms with Gasteiger partial charge in [-0.2, -0.15) is 4.89 Å². The summed E-state index contributed by atoms with van der Waals surface area (Å²) < 4.78 is 6.41. The number of anilines is 1. The third-order valence-corrected chi connectivity index (χ3v) is 5.61. The molecule has 0 fully saturated rings. The molecule has 0 aliphatic carbocycles. The van der Waals surface area contributed by atoms with Gasteiger partial charge in [0, 0.05) is 12.6 Å². The van der Waals surface area contributed by atoms with E-state index in [1.165, 1.54) is 7.11 Å². The van der Waals surface area contributed by atoms with Gasteiger partial charge < -0.3 is 19.9 Å². The van der Waals surface area contributed by atoms with Crippen LogP contribution in [0.15, 0.2) is 4.99 Å². The van der Waals surface area contributed by atoms with Crippen LogP contribution < -0.4 is 10.2 Å². The quantitative estimate of drug-likeness (QED) is 0.349. The second kappa shape index (κ2) is 9.15. The predicted octanol–water partition coefficient (Wildman–Crippen LogP) is 0.880. The van der Waals surface area contributed by atoms with Crippen molar-refractivity contribution < 1.29 is 28.9 Å². The molecule has 176 valence electrons. The first-order valence-corrected chi connectivity index (χ1v) is 10.3. The lowest BCUT2D eigenvalue weighted by Crippen LogP contribution is -2.60. The zero-order valence-electron chi connectivity index (χ0n) is 19.2. The number of aliphatic imine (C=N–C) groups is 1. The summed E-state index contributed by atoms with van der Waals surface area (Å²) in [6, 6.07) is -1.11. The lowest BCUT2D eigenvalue weighted by Gasteiger charge is -2.44. The van der Waals surface area contributed by atoms with Gasteiger partial charge in [-0.15, -0.1) is 0 Å². The minimum atomic E-state index is -0.805. The number of nitrogens with one attached hydrogen (secondary N) is 1. The largest absolute Gasteiger partial charge is 0.466 e. The normalized spacial score (nSPS) is 20.6. The van der Waals surface area contributed by atoms with Gasteiger partial charge in [0.1, 0.15) is 12.8 Å². The first-order chi connectivity index (χ1) is 15.1. The van der Waals surface area contributed by atoms with E-state index in [0.717, 1.165) is 5.69 Å². The lowest BCUT2D eigenvalue weighted by molar-refractivity contribution is -0.213. The highest BCUT2D eigenvalue weighted by Crippen LogP contribution is 2.35. The van der Waals surface area contributed by atoms with Crippen molar-refractivity contribution in [3.05, 3.63) is 11.4 Å². The molecule has 1 N–H and O–H groups in total. The van der Waals surface area contributed by atoms with Crippen LogP contribution in [0.25, 0.3) is 0 Å². The zero-order chi connectivity index (χ0) is 23.6. The zero-order valence-corrected chi connectivity index (χ0v) is 19.2. The van der Waals surface area contributed by atoms with Gasteiger partial charge in [0.2, 0.25) is 5.95 Å². The summed E-state index contributed by atoms with van der Waals surface area (Å²) in [5, 5.41) is 2.57. The van der Waals surface area contributed by atoms with Crippen LogP contribution in [0.2, 0.25) is 0 Å². The molecule has 3 atom stereocenters. The van der Waals surface area contributed by atoms with Crippen LogP contribution in [0.4, 0.5) is 10.7 Å². The van der Waals surface area contributed by atoms with Crippen LogP contribution in [-0.4, -0.2) is 83.8 Å². The standard InChI is InChI=1S/C20H30N6O6/c1-12-14(8-7-13(9-31-11-27)23-19(29)32-30-6)26-17(28)15-16(24(5)18(26)22-12)25(10-21-15)20(2,3)4/h10-11,13,15-16H,7-9H2,1-6H3,(H,23,29). The van der Waals surface area contributed by atoms with Gasteiger partial charge >= 0.3 is 6.09 Å². The number of imidazole rings is 1. The van der Waals surface area contributed by atoms with Crippen molar-refractivity contribution in [3.63, 3.8) is 0 Å². The Kier molecular flexibility index (Phi) is 6.72. The van der Waals surface area contributed by atoms with E-state index in [1.807, 2.05) is 18.9 Å². The Morgan fingerprint density at radius 1 is 1.38 bits per heavy atom. The number of fused-ring (bicyclic) bond motifs is 2. The summed E-state index contributed by atoms with van der Waals surface area (Å²) in [5.74, 6) is 0.407. The number of rotatable bonds is 8. The maximum Gasteiger partial charge on any atom is 0.439 e. The molecule has 3 heterocycles.